The van der Waals surface area contributed by atoms with E-state index in [9.17, 15) is 33.6 Å². The highest BCUT2D eigenvalue weighted by atomic mass is 16.6. The molecule has 0 aliphatic rings. The van der Waals surface area contributed by atoms with Crippen LogP contribution in [0.25, 0.3) is 49.3 Å². The Morgan fingerprint density at radius 1 is 0.586 bits per heavy atom. The van der Waals surface area contributed by atoms with Gasteiger partial charge in [-0.3, -0.25) is 0 Å². The molecule has 3 aromatic heterocycles. The van der Waals surface area contributed by atoms with Crippen molar-refractivity contribution in [3.8, 4) is 45.6 Å². The van der Waals surface area contributed by atoms with Crippen molar-refractivity contribution in [3.63, 3.8) is 0 Å². The highest BCUT2D eigenvalue weighted by molar-refractivity contribution is 6.22. The van der Waals surface area contributed by atoms with Crippen LogP contribution in [0, 0.1) is 0 Å². The summed E-state index contributed by atoms with van der Waals surface area (Å²) in [5, 5.41) is 8.72. The van der Waals surface area contributed by atoms with Crippen molar-refractivity contribution in [1.29, 1.82) is 0 Å². The fraction of sp³-hybridized carbons (Fsp3) is 0.245. The molecule has 3 amide bonds. The molecule has 0 fully saturated rings. The lowest BCUT2D eigenvalue weighted by atomic mass is 9.97. The lowest BCUT2D eigenvalue weighted by Gasteiger charge is -2.16. The average molecular weight is 965 g/mol. The maximum atomic E-state index is 14.3. The molecule has 0 aliphatic heterocycles. The molecule has 3 heterocycles. The molecule has 3 aromatic carbocycles. The maximum Gasteiger partial charge on any atom is 0.408 e. The fourth-order valence-electron chi connectivity index (χ4n) is 7.00. The molecule has 6 aromatic rings. The molecular formula is C49H48N4O17. The monoisotopic (exact) mass is 964 g/mol. The molecule has 3 N–H and O–H groups in total. The van der Waals surface area contributed by atoms with E-state index < -0.39 is 59.9 Å². The van der Waals surface area contributed by atoms with Crippen LogP contribution in [-0.4, -0.2) is 99.9 Å². The molecule has 0 unspecified atom stereocenters. The lowest BCUT2D eigenvalue weighted by molar-refractivity contribution is -0.137. The molecular weight excluding hydrogens is 917 g/mol. The number of pyridine rings is 1. The number of nitrogens with one attached hydrogen (secondary N) is 3. The quantitative estimate of drug-likeness (QED) is 0.0252. The number of amides is 3. The molecule has 3 atom stereocenters. The van der Waals surface area contributed by atoms with Crippen molar-refractivity contribution < 1.29 is 75.8 Å². The van der Waals surface area contributed by atoms with Crippen LogP contribution in [0.2, 0.25) is 0 Å². The minimum atomic E-state index is -1.19. The minimum Gasteiger partial charge on any atom is -0.493 e. The van der Waals surface area contributed by atoms with E-state index in [0.717, 1.165) is 0 Å². The van der Waals surface area contributed by atoms with Crippen LogP contribution in [0.5, 0.6) is 34.5 Å². The lowest BCUT2D eigenvalue weighted by Crippen LogP contribution is -2.41. The number of hydrogen-bond acceptors (Lipinski definition) is 17. The molecule has 366 valence electrons. The number of alkyl carbamates (subject to hydrolysis) is 3. The number of nitrogens with zero attached hydrogens (tertiary/aromatic N) is 1. The van der Waals surface area contributed by atoms with E-state index in [-0.39, 0.29) is 65.4 Å². The van der Waals surface area contributed by atoms with E-state index in [2.05, 4.69) is 35.7 Å². The third-order valence-electron chi connectivity index (χ3n) is 10.3. The zero-order valence-corrected chi connectivity index (χ0v) is 38.8. The summed E-state index contributed by atoms with van der Waals surface area (Å²) >= 11 is 0. The van der Waals surface area contributed by atoms with Crippen LogP contribution in [0.4, 0.5) is 14.4 Å². The number of ether oxygens (including phenoxy) is 9. The molecule has 21 heteroatoms. The van der Waals surface area contributed by atoms with Crippen LogP contribution in [-0.2, 0) is 28.6 Å². The summed E-state index contributed by atoms with van der Waals surface area (Å²) in [6.45, 7) is 14.4. The van der Waals surface area contributed by atoms with Gasteiger partial charge in [-0.15, -0.1) is 0 Å². The van der Waals surface area contributed by atoms with Crippen molar-refractivity contribution in [2.45, 2.75) is 38.9 Å². The third-order valence-corrected chi connectivity index (χ3v) is 10.3. The van der Waals surface area contributed by atoms with Crippen molar-refractivity contribution in [1.82, 2.24) is 20.4 Å². The fourth-order valence-corrected chi connectivity index (χ4v) is 7.00. The molecule has 70 heavy (non-hydrogen) atoms. The van der Waals surface area contributed by atoms with Crippen LogP contribution in [0.3, 0.4) is 0 Å². The first kappa shape index (κ1) is 50.4. The Labute approximate surface area is 398 Å². The topological polar surface area (TPSA) is 256 Å². The second kappa shape index (κ2) is 22.2. The predicted octanol–water partition coefficient (Wildman–Crippen LogP) is 6.66. The number of rotatable bonds is 19. The molecule has 0 saturated heterocycles. The second-order valence-corrected chi connectivity index (χ2v) is 15.0. The van der Waals surface area contributed by atoms with Crippen LogP contribution in [0.1, 0.15) is 20.8 Å². The Morgan fingerprint density at radius 3 is 1.53 bits per heavy atom. The van der Waals surface area contributed by atoms with Gasteiger partial charge in [0, 0.05) is 34.0 Å². The Kier molecular flexibility index (Phi) is 16.0. The van der Waals surface area contributed by atoms with E-state index in [1.54, 1.807) is 40.9 Å². The standard InChI is InChI=1S/C49H48N4O17/c1-10-17-64-47(58)50-25(4)43(54)67-32-14-13-29(21-34(32)61-7)39-40-31-23-36(63-9)38(70-45(56)27(6)52-49(60)66-19-12-3)24-33(31)68-46(57)42(40)53-16-15-28-20-37(35(62-8)22-30(28)41(39)53)69-44(55)26(5)51-48(59)65-18-11-2/h10-16,20-27H,1-3,17-19H2,4-9H3,(H,50,58)(H,51,59)(H,52,60)/t25-,26-,27-/m0/s1. The largest absolute Gasteiger partial charge is 0.493 e. The van der Waals surface area contributed by atoms with Gasteiger partial charge in [-0.25, -0.2) is 33.6 Å². The Morgan fingerprint density at radius 2 is 1.04 bits per heavy atom. The minimum absolute atomic E-state index is 0.00408. The van der Waals surface area contributed by atoms with Gasteiger partial charge >= 0.3 is 41.8 Å². The molecule has 0 saturated carbocycles. The van der Waals surface area contributed by atoms with Gasteiger partial charge in [-0.05, 0) is 68.1 Å². The first-order chi connectivity index (χ1) is 33.6. The summed E-state index contributed by atoms with van der Waals surface area (Å²) in [6.07, 6.45) is 3.08. The summed E-state index contributed by atoms with van der Waals surface area (Å²) in [5.74, 6) is -2.58. The number of esters is 3. The van der Waals surface area contributed by atoms with Gasteiger partial charge in [-0.2, -0.15) is 0 Å². The molecule has 6 rings (SSSR count). The number of aromatic nitrogens is 1. The van der Waals surface area contributed by atoms with E-state index in [1.165, 1.54) is 78.5 Å². The van der Waals surface area contributed by atoms with Gasteiger partial charge in [0.15, 0.2) is 34.5 Å². The summed E-state index contributed by atoms with van der Waals surface area (Å²) in [6, 6.07) is 8.77. The third kappa shape index (κ3) is 10.9. The zero-order valence-electron chi connectivity index (χ0n) is 38.8. The van der Waals surface area contributed by atoms with E-state index >= 15 is 0 Å². The van der Waals surface area contributed by atoms with Gasteiger partial charge in [0.1, 0.15) is 49.0 Å². The summed E-state index contributed by atoms with van der Waals surface area (Å²) in [7, 11) is 4.04. The molecule has 0 spiro atoms. The van der Waals surface area contributed by atoms with Gasteiger partial charge in [-0.1, -0.05) is 44.0 Å². The number of carbonyl (C=O) groups is 6. The predicted molar refractivity (Wildman–Crippen MR) is 253 cm³/mol. The summed E-state index contributed by atoms with van der Waals surface area (Å²) in [4.78, 5) is 90.4. The highest BCUT2D eigenvalue weighted by Gasteiger charge is 2.28. The summed E-state index contributed by atoms with van der Waals surface area (Å²) < 4.78 is 56.4. The SMILES string of the molecule is C=CCOC(=O)N[C@@H](C)C(=O)Oc1ccc(-c2c3c4cc(OC)c(OC(=O)[C@H](C)NC(=O)OCC=C)cc4oc(=O)c3n3ccc4cc(OC(=O)[C@H](C)NC(=O)OCC=C)c(OC)cc4c23)cc1OC. The van der Waals surface area contributed by atoms with E-state index in [0.29, 0.717) is 38.2 Å². The van der Waals surface area contributed by atoms with Crippen LogP contribution in [0.15, 0.2) is 102 Å². The van der Waals surface area contributed by atoms with Crippen molar-refractivity contribution >= 4 is 74.3 Å². The first-order valence-electron chi connectivity index (χ1n) is 21.2. The summed E-state index contributed by atoms with van der Waals surface area (Å²) in [5.41, 5.74) is 0.420. The first-order valence-corrected chi connectivity index (χ1v) is 21.2. The van der Waals surface area contributed by atoms with Crippen LogP contribution >= 0.6 is 0 Å². The smallest absolute Gasteiger partial charge is 0.408 e. The number of methoxy groups -OCH3 is 3. The zero-order chi connectivity index (χ0) is 50.8. The number of fused-ring (bicyclic) bond motifs is 7. The van der Waals surface area contributed by atoms with Gasteiger partial charge in [0.05, 0.1) is 26.8 Å². The van der Waals surface area contributed by atoms with Gasteiger partial charge in [0.25, 0.3) is 0 Å². The Bertz CT molecular complexity index is 3140. The average Bonchev–Trinajstić information content (AvgIpc) is 3.70. The van der Waals surface area contributed by atoms with Gasteiger partial charge < -0.3 is 67.4 Å². The van der Waals surface area contributed by atoms with Crippen molar-refractivity contribution in [2.24, 2.45) is 0 Å². The van der Waals surface area contributed by atoms with Gasteiger partial charge in [0.2, 0.25) is 0 Å². The van der Waals surface area contributed by atoms with E-state index in [4.69, 9.17) is 47.0 Å². The molecule has 21 nitrogen and oxygen atoms in total. The molecule has 0 bridgehead atoms. The number of benzene rings is 3. The maximum absolute atomic E-state index is 14.3. The Hall–Kier alpha value is -9.01. The normalized spacial score (nSPS) is 12.1. The Balaban J connectivity index is 1.55. The molecule has 0 aliphatic carbocycles. The highest BCUT2D eigenvalue weighted by Crippen LogP contribution is 2.46. The van der Waals surface area contributed by atoms with Crippen molar-refractivity contribution in [2.75, 3.05) is 41.2 Å². The van der Waals surface area contributed by atoms with E-state index in [1.807, 2.05) is 0 Å². The number of hydrogen-bond donors (Lipinski definition) is 3. The molecule has 0 radical (unpaired) electrons. The van der Waals surface area contributed by atoms with Crippen LogP contribution < -0.4 is 50.0 Å². The van der Waals surface area contributed by atoms with Crippen molar-refractivity contribution in [3.05, 3.63) is 103 Å². The second-order valence-electron chi connectivity index (χ2n) is 15.0. The number of carbonyl (C=O) groups excluding carboxylic acids is 6.